The summed E-state index contributed by atoms with van der Waals surface area (Å²) >= 11 is 3.82. The molecule has 1 saturated heterocycles. The zero-order valence-electron chi connectivity index (χ0n) is 13.2. The summed E-state index contributed by atoms with van der Waals surface area (Å²) in [6, 6.07) is 7.50. The van der Waals surface area contributed by atoms with Crippen LogP contribution >= 0.6 is 40.7 Å². The van der Waals surface area contributed by atoms with Crippen molar-refractivity contribution in [1.82, 2.24) is 10.2 Å². The van der Waals surface area contributed by atoms with Crippen LogP contribution in [0.4, 0.5) is 0 Å². The van der Waals surface area contributed by atoms with Crippen molar-refractivity contribution in [2.45, 2.75) is 38.6 Å². The van der Waals surface area contributed by atoms with Gasteiger partial charge in [0.25, 0.3) is 0 Å². The van der Waals surface area contributed by atoms with Crippen LogP contribution < -0.4 is 5.32 Å². The van der Waals surface area contributed by atoms with E-state index < -0.39 is 0 Å². The first-order valence-electron chi connectivity index (χ1n) is 7.96. The predicted molar refractivity (Wildman–Crippen MR) is 103 cm³/mol. The van der Waals surface area contributed by atoms with Crippen molar-refractivity contribution in [3.05, 3.63) is 33.8 Å². The number of hydrogen-bond donors (Lipinski definition) is 1. The Hall–Kier alpha value is 0.200. The topological polar surface area (TPSA) is 15.3 Å². The summed E-state index contributed by atoms with van der Waals surface area (Å²) in [6.07, 6.45) is 5.62. The number of piperazine rings is 1. The highest BCUT2D eigenvalue weighted by Crippen LogP contribution is 2.42. The average Bonchev–Trinajstić information content (AvgIpc) is 2.97. The molecule has 5 heteroatoms. The fraction of sp³-hybridized carbons (Fsp3) is 0.647. The van der Waals surface area contributed by atoms with Gasteiger partial charge < -0.3 is 5.32 Å². The number of hydrogen-bond acceptors (Lipinski definition) is 2. The highest BCUT2D eigenvalue weighted by Gasteiger charge is 2.32. The summed E-state index contributed by atoms with van der Waals surface area (Å²) in [7, 11) is 0. The van der Waals surface area contributed by atoms with Crippen molar-refractivity contribution in [3.8, 4) is 0 Å². The molecule has 1 aliphatic heterocycles. The second-order valence-corrected chi connectivity index (χ2v) is 7.15. The third kappa shape index (κ3) is 4.61. The molecule has 2 nitrogen and oxygen atoms in total. The summed E-state index contributed by atoms with van der Waals surface area (Å²) in [4.78, 5) is 2.71. The molecule has 1 aliphatic carbocycles. The van der Waals surface area contributed by atoms with Gasteiger partial charge in [-0.05, 0) is 42.9 Å². The Bertz CT molecular complexity index is 458. The molecule has 1 atom stereocenters. The minimum Gasteiger partial charge on any atom is -0.314 e. The zero-order valence-corrected chi connectivity index (χ0v) is 16.4. The first kappa shape index (κ1) is 20.2. The molecule has 0 unspecified atom stereocenters. The van der Waals surface area contributed by atoms with Gasteiger partial charge in [-0.25, -0.2) is 0 Å². The molecule has 2 fully saturated rings. The summed E-state index contributed by atoms with van der Waals surface area (Å²) in [5, 5.41) is 3.48. The van der Waals surface area contributed by atoms with E-state index in [1.807, 2.05) is 0 Å². The van der Waals surface area contributed by atoms with E-state index in [-0.39, 0.29) is 24.8 Å². The maximum atomic E-state index is 3.82. The first-order chi connectivity index (χ1) is 9.75. The zero-order chi connectivity index (χ0) is 13.9. The third-order valence-corrected chi connectivity index (χ3v) is 5.55. The fourth-order valence-corrected chi connectivity index (χ4v) is 4.58. The van der Waals surface area contributed by atoms with Crippen LogP contribution in [0, 0.1) is 12.8 Å². The van der Waals surface area contributed by atoms with Crippen molar-refractivity contribution in [2.75, 3.05) is 26.2 Å². The lowest BCUT2D eigenvalue weighted by Gasteiger charge is -2.39. The molecular weight excluding hydrogens is 383 g/mol. The highest BCUT2D eigenvalue weighted by molar-refractivity contribution is 9.10. The Balaban J connectivity index is 0.00000121. The Labute approximate surface area is 155 Å². The van der Waals surface area contributed by atoms with Gasteiger partial charge in [0, 0.05) is 36.7 Å². The smallest absolute Gasteiger partial charge is 0.0388 e. The lowest BCUT2D eigenvalue weighted by Crippen LogP contribution is -2.46. The predicted octanol–water partition coefficient (Wildman–Crippen LogP) is 4.74. The molecule has 0 aromatic heterocycles. The molecule has 22 heavy (non-hydrogen) atoms. The highest BCUT2D eigenvalue weighted by atomic mass is 79.9. The van der Waals surface area contributed by atoms with E-state index in [9.17, 15) is 0 Å². The standard InChI is InChI=1S/C17H25BrN2.2ClH/c1-13-6-7-15(16(18)12-13)17(14-4-2-3-5-14)20-10-8-19-9-11-20;;/h6-7,12,14,17,19H,2-5,8-11H2,1H3;2*1H/t17-;;/m0../s1. The van der Waals surface area contributed by atoms with Gasteiger partial charge in [-0.3, -0.25) is 4.90 Å². The fourth-order valence-electron chi connectivity index (χ4n) is 3.85. The van der Waals surface area contributed by atoms with E-state index in [0.29, 0.717) is 6.04 Å². The number of halogens is 3. The van der Waals surface area contributed by atoms with Gasteiger partial charge in [-0.15, -0.1) is 24.8 Å². The van der Waals surface area contributed by atoms with Crippen LogP contribution in [0.15, 0.2) is 22.7 Å². The molecule has 0 bridgehead atoms. The number of rotatable bonds is 3. The van der Waals surface area contributed by atoms with E-state index in [1.165, 1.54) is 54.4 Å². The lowest BCUT2D eigenvalue weighted by atomic mass is 9.89. The second kappa shape index (κ2) is 9.48. The number of benzene rings is 1. The molecule has 0 spiro atoms. The van der Waals surface area contributed by atoms with Crippen LogP contribution in [-0.4, -0.2) is 31.1 Å². The molecular formula is C17H27BrCl2N2. The maximum Gasteiger partial charge on any atom is 0.0388 e. The Morgan fingerprint density at radius 1 is 1.14 bits per heavy atom. The SMILES string of the molecule is Cc1ccc([C@H](C2CCCC2)N2CCNCC2)c(Br)c1.Cl.Cl. The van der Waals surface area contributed by atoms with E-state index in [2.05, 4.69) is 51.3 Å². The van der Waals surface area contributed by atoms with E-state index in [0.717, 1.165) is 19.0 Å². The van der Waals surface area contributed by atoms with Crippen LogP contribution in [0.2, 0.25) is 0 Å². The summed E-state index contributed by atoms with van der Waals surface area (Å²) in [6.45, 7) is 6.80. The minimum absolute atomic E-state index is 0. The minimum atomic E-state index is 0. The van der Waals surface area contributed by atoms with Gasteiger partial charge in [0.2, 0.25) is 0 Å². The van der Waals surface area contributed by atoms with Crippen LogP contribution in [0.3, 0.4) is 0 Å². The van der Waals surface area contributed by atoms with Gasteiger partial charge in [0.05, 0.1) is 0 Å². The van der Waals surface area contributed by atoms with Gasteiger partial charge in [-0.1, -0.05) is 40.9 Å². The van der Waals surface area contributed by atoms with Crippen molar-refractivity contribution < 1.29 is 0 Å². The molecule has 3 rings (SSSR count). The lowest BCUT2D eigenvalue weighted by molar-refractivity contribution is 0.125. The molecule has 0 amide bonds. The van der Waals surface area contributed by atoms with Gasteiger partial charge in [0.15, 0.2) is 0 Å². The number of aryl methyl sites for hydroxylation is 1. The van der Waals surface area contributed by atoms with Crippen molar-refractivity contribution in [1.29, 1.82) is 0 Å². The van der Waals surface area contributed by atoms with E-state index >= 15 is 0 Å². The van der Waals surface area contributed by atoms with Crippen LogP contribution in [0.1, 0.15) is 42.9 Å². The molecule has 0 radical (unpaired) electrons. The number of nitrogens with zero attached hydrogens (tertiary/aromatic N) is 1. The third-order valence-electron chi connectivity index (χ3n) is 4.87. The van der Waals surface area contributed by atoms with Gasteiger partial charge in [0.1, 0.15) is 0 Å². The molecule has 1 aromatic carbocycles. The summed E-state index contributed by atoms with van der Waals surface area (Å²) < 4.78 is 1.30. The molecule has 126 valence electrons. The molecule has 2 aliphatic rings. The van der Waals surface area contributed by atoms with Crippen LogP contribution in [0.5, 0.6) is 0 Å². The maximum absolute atomic E-state index is 3.82. The second-order valence-electron chi connectivity index (χ2n) is 6.30. The summed E-state index contributed by atoms with van der Waals surface area (Å²) in [5.74, 6) is 0.840. The quantitative estimate of drug-likeness (QED) is 0.775. The Morgan fingerprint density at radius 2 is 1.77 bits per heavy atom. The van der Waals surface area contributed by atoms with Crippen LogP contribution in [-0.2, 0) is 0 Å². The average molecular weight is 410 g/mol. The summed E-state index contributed by atoms with van der Waals surface area (Å²) in [5.41, 5.74) is 2.84. The molecule has 1 heterocycles. The van der Waals surface area contributed by atoms with E-state index in [4.69, 9.17) is 0 Å². The van der Waals surface area contributed by atoms with Crippen molar-refractivity contribution >= 4 is 40.7 Å². The Morgan fingerprint density at radius 3 is 2.36 bits per heavy atom. The molecule has 1 aromatic rings. The van der Waals surface area contributed by atoms with Crippen molar-refractivity contribution in [3.63, 3.8) is 0 Å². The normalized spacial score (nSPS) is 21.0. The van der Waals surface area contributed by atoms with Crippen LogP contribution in [0.25, 0.3) is 0 Å². The monoisotopic (exact) mass is 408 g/mol. The molecule has 1 N–H and O–H groups in total. The van der Waals surface area contributed by atoms with Crippen molar-refractivity contribution in [2.24, 2.45) is 5.92 Å². The molecule has 1 saturated carbocycles. The van der Waals surface area contributed by atoms with Gasteiger partial charge in [-0.2, -0.15) is 0 Å². The number of nitrogens with one attached hydrogen (secondary N) is 1. The first-order valence-corrected chi connectivity index (χ1v) is 8.76. The van der Waals surface area contributed by atoms with E-state index in [1.54, 1.807) is 0 Å². The Kier molecular flexibility index (Phi) is 8.73. The largest absolute Gasteiger partial charge is 0.314 e. The van der Waals surface area contributed by atoms with Gasteiger partial charge >= 0.3 is 0 Å².